The maximum absolute atomic E-state index is 12.1. The summed E-state index contributed by atoms with van der Waals surface area (Å²) >= 11 is 0. The fourth-order valence-corrected chi connectivity index (χ4v) is 1.96. The molecule has 1 N–H and O–H groups in total. The highest BCUT2D eigenvalue weighted by Gasteiger charge is 2.12. The highest BCUT2D eigenvalue weighted by Crippen LogP contribution is 2.06. The first-order valence-corrected chi connectivity index (χ1v) is 6.16. The van der Waals surface area contributed by atoms with Gasteiger partial charge in [0.25, 0.3) is 5.56 Å². The van der Waals surface area contributed by atoms with Gasteiger partial charge in [-0.25, -0.2) is 9.97 Å². The molecule has 3 aromatic rings. The van der Waals surface area contributed by atoms with Crippen LogP contribution in [0.25, 0.3) is 11.2 Å². The first kappa shape index (κ1) is 12.2. The predicted octanol–water partition coefficient (Wildman–Crippen LogP) is 1.74. The number of ketones is 1. The normalized spacial score (nSPS) is 10.6. The molecule has 0 aliphatic heterocycles. The fourth-order valence-electron chi connectivity index (χ4n) is 1.96. The van der Waals surface area contributed by atoms with Crippen LogP contribution in [0.3, 0.4) is 0 Å². The molecule has 0 unspecified atom stereocenters. The molecule has 0 aliphatic rings. The van der Waals surface area contributed by atoms with Crippen LogP contribution in [-0.2, 0) is 6.42 Å². The average Bonchev–Trinajstić information content (AvgIpc) is 2.49. The number of hydrogen-bond acceptors (Lipinski definition) is 4. The van der Waals surface area contributed by atoms with Crippen molar-refractivity contribution in [2.24, 2.45) is 0 Å². The van der Waals surface area contributed by atoms with Gasteiger partial charge in [0.1, 0.15) is 11.2 Å². The number of nitrogens with zero attached hydrogens (tertiary/aromatic N) is 2. The summed E-state index contributed by atoms with van der Waals surface area (Å²) in [6.07, 6.45) is 1.55. The second kappa shape index (κ2) is 5.05. The number of H-pyrrole nitrogens is 1. The number of carbonyl (C=O) groups excluding carboxylic acids is 1. The van der Waals surface area contributed by atoms with E-state index in [-0.39, 0.29) is 23.5 Å². The molecule has 2 heterocycles. The summed E-state index contributed by atoms with van der Waals surface area (Å²) in [5, 5.41) is 0. The predicted molar refractivity (Wildman–Crippen MR) is 74.6 cm³/mol. The molecule has 0 amide bonds. The van der Waals surface area contributed by atoms with Crippen LogP contribution in [0.5, 0.6) is 0 Å². The molecule has 3 rings (SSSR count). The van der Waals surface area contributed by atoms with E-state index in [0.717, 1.165) is 0 Å². The highest BCUT2D eigenvalue weighted by atomic mass is 16.1. The third kappa shape index (κ3) is 2.33. The van der Waals surface area contributed by atoms with E-state index in [1.165, 1.54) is 0 Å². The molecule has 0 aliphatic carbocycles. The van der Waals surface area contributed by atoms with Crippen LogP contribution in [-0.4, -0.2) is 20.7 Å². The number of aromatic nitrogens is 3. The number of benzene rings is 1. The molecule has 0 saturated carbocycles. The Balaban J connectivity index is 1.97. The van der Waals surface area contributed by atoms with Gasteiger partial charge in [-0.1, -0.05) is 30.3 Å². The van der Waals surface area contributed by atoms with Gasteiger partial charge >= 0.3 is 0 Å². The van der Waals surface area contributed by atoms with Crippen LogP contribution >= 0.6 is 0 Å². The van der Waals surface area contributed by atoms with Crippen LogP contribution in [0.1, 0.15) is 16.1 Å². The Morgan fingerprint density at radius 1 is 1.10 bits per heavy atom. The molecule has 0 spiro atoms. The van der Waals surface area contributed by atoms with E-state index in [0.29, 0.717) is 16.7 Å². The number of fused-ring (bicyclic) bond motifs is 1. The van der Waals surface area contributed by atoms with Gasteiger partial charge in [0, 0.05) is 11.8 Å². The summed E-state index contributed by atoms with van der Waals surface area (Å²) in [6.45, 7) is 0. The molecule has 0 atom stereocenters. The monoisotopic (exact) mass is 265 g/mol. The molecule has 0 bridgehead atoms. The molecule has 20 heavy (non-hydrogen) atoms. The minimum Gasteiger partial charge on any atom is -0.304 e. The van der Waals surface area contributed by atoms with Crippen molar-refractivity contribution in [3.05, 3.63) is 70.3 Å². The molecule has 5 nitrogen and oxygen atoms in total. The van der Waals surface area contributed by atoms with Gasteiger partial charge in [-0.05, 0) is 12.1 Å². The van der Waals surface area contributed by atoms with E-state index in [9.17, 15) is 9.59 Å². The van der Waals surface area contributed by atoms with Crippen molar-refractivity contribution in [2.75, 3.05) is 0 Å². The van der Waals surface area contributed by atoms with Crippen LogP contribution < -0.4 is 5.56 Å². The van der Waals surface area contributed by atoms with E-state index in [2.05, 4.69) is 15.0 Å². The summed E-state index contributed by atoms with van der Waals surface area (Å²) in [5.41, 5.74) is 1.40. The Bertz CT molecular complexity index is 825. The van der Waals surface area contributed by atoms with Gasteiger partial charge in [0.15, 0.2) is 11.4 Å². The standard InChI is InChI=1S/C15H11N3O2/c19-13(10-5-2-1-3-6-10)9-12-15(20)18-14-11(17-12)7-4-8-16-14/h1-8H,9H2,(H,16,18,20). The van der Waals surface area contributed by atoms with E-state index in [4.69, 9.17) is 0 Å². The Hall–Kier alpha value is -2.82. The molecular weight excluding hydrogens is 254 g/mol. The minimum absolute atomic E-state index is 0.0236. The topological polar surface area (TPSA) is 75.7 Å². The zero-order chi connectivity index (χ0) is 13.9. The highest BCUT2D eigenvalue weighted by molar-refractivity contribution is 5.97. The minimum atomic E-state index is -0.375. The van der Waals surface area contributed by atoms with Gasteiger partial charge in [-0.15, -0.1) is 0 Å². The lowest BCUT2D eigenvalue weighted by Crippen LogP contribution is -2.19. The summed E-state index contributed by atoms with van der Waals surface area (Å²) < 4.78 is 0. The number of rotatable bonds is 3. The number of carbonyl (C=O) groups is 1. The van der Waals surface area contributed by atoms with Crippen LogP contribution in [0.4, 0.5) is 0 Å². The second-order valence-electron chi connectivity index (χ2n) is 4.35. The zero-order valence-electron chi connectivity index (χ0n) is 10.5. The van der Waals surface area contributed by atoms with Crippen molar-refractivity contribution in [1.29, 1.82) is 0 Å². The SMILES string of the molecule is O=C(Cc1nc2cccnc2[nH]c1=O)c1ccccc1. The third-order valence-corrected chi connectivity index (χ3v) is 2.96. The van der Waals surface area contributed by atoms with Crippen LogP contribution in [0.15, 0.2) is 53.5 Å². The average molecular weight is 265 g/mol. The van der Waals surface area contributed by atoms with E-state index < -0.39 is 0 Å². The summed E-state index contributed by atoms with van der Waals surface area (Å²) in [5.74, 6) is -0.133. The van der Waals surface area contributed by atoms with Crippen molar-refractivity contribution >= 4 is 16.9 Å². The third-order valence-electron chi connectivity index (χ3n) is 2.96. The second-order valence-corrected chi connectivity index (χ2v) is 4.35. The van der Waals surface area contributed by atoms with Crippen molar-refractivity contribution < 1.29 is 4.79 Å². The Labute approximate surface area is 114 Å². The zero-order valence-corrected chi connectivity index (χ0v) is 10.5. The first-order chi connectivity index (χ1) is 9.74. The molecule has 0 fully saturated rings. The smallest absolute Gasteiger partial charge is 0.271 e. The van der Waals surface area contributed by atoms with Gasteiger partial charge in [0.2, 0.25) is 0 Å². The van der Waals surface area contributed by atoms with Crippen molar-refractivity contribution in [3.63, 3.8) is 0 Å². The quantitative estimate of drug-likeness (QED) is 0.732. The van der Waals surface area contributed by atoms with E-state index in [1.807, 2.05) is 6.07 Å². The molecule has 5 heteroatoms. The summed E-state index contributed by atoms with van der Waals surface area (Å²) in [6, 6.07) is 12.3. The lowest BCUT2D eigenvalue weighted by atomic mass is 10.1. The number of aromatic amines is 1. The number of nitrogens with one attached hydrogen (secondary N) is 1. The van der Waals surface area contributed by atoms with Gasteiger partial charge in [0.05, 0.1) is 6.42 Å². The lowest BCUT2D eigenvalue weighted by Gasteiger charge is -2.02. The van der Waals surface area contributed by atoms with Crippen molar-refractivity contribution in [2.45, 2.75) is 6.42 Å². The van der Waals surface area contributed by atoms with E-state index in [1.54, 1.807) is 42.6 Å². The molecule has 2 aromatic heterocycles. The van der Waals surface area contributed by atoms with Gasteiger partial charge in [-0.3, -0.25) is 9.59 Å². The van der Waals surface area contributed by atoms with Gasteiger partial charge < -0.3 is 4.98 Å². The van der Waals surface area contributed by atoms with Gasteiger partial charge in [-0.2, -0.15) is 0 Å². The summed E-state index contributed by atoms with van der Waals surface area (Å²) in [7, 11) is 0. The van der Waals surface area contributed by atoms with Crippen molar-refractivity contribution in [1.82, 2.24) is 15.0 Å². The van der Waals surface area contributed by atoms with E-state index >= 15 is 0 Å². The maximum Gasteiger partial charge on any atom is 0.271 e. The molecule has 0 saturated heterocycles. The molecular formula is C15H11N3O2. The molecule has 1 aromatic carbocycles. The van der Waals surface area contributed by atoms with Crippen LogP contribution in [0.2, 0.25) is 0 Å². The largest absolute Gasteiger partial charge is 0.304 e. The number of hydrogen-bond donors (Lipinski definition) is 1. The molecule has 98 valence electrons. The van der Waals surface area contributed by atoms with Crippen molar-refractivity contribution in [3.8, 4) is 0 Å². The Morgan fingerprint density at radius 3 is 2.70 bits per heavy atom. The summed E-state index contributed by atoms with van der Waals surface area (Å²) in [4.78, 5) is 34.8. The van der Waals surface area contributed by atoms with Crippen LogP contribution in [0, 0.1) is 0 Å². The fraction of sp³-hybridized carbons (Fsp3) is 0.0667. The lowest BCUT2D eigenvalue weighted by molar-refractivity contribution is 0.0991. The maximum atomic E-state index is 12.1. The number of pyridine rings is 1. The number of Topliss-reactive ketones (excluding diaryl/α,β-unsaturated/α-hetero) is 1. The Kier molecular flexibility index (Phi) is 3.09. The Morgan fingerprint density at radius 2 is 1.90 bits per heavy atom. The molecule has 0 radical (unpaired) electrons. The first-order valence-electron chi connectivity index (χ1n) is 6.16.